The van der Waals surface area contributed by atoms with E-state index in [1.54, 1.807) is 24.4 Å². The monoisotopic (exact) mass is 312 g/mol. The highest BCUT2D eigenvalue weighted by atomic mass is 35.5. The first-order valence-corrected chi connectivity index (χ1v) is 6.54. The normalized spacial score (nSPS) is 10.3. The van der Waals surface area contributed by atoms with E-state index in [4.69, 9.17) is 45.9 Å². The van der Waals surface area contributed by atoms with Gasteiger partial charge in [0.2, 0.25) is 5.88 Å². The molecule has 0 saturated heterocycles. The van der Waals surface area contributed by atoms with Gasteiger partial charge in [-0.15, -0.1) is 0 Å². The van der Waals surface area contributed by atoms with Gasteiger partial charge in [0, 0.05) is 12.3 Å². The molecule has 0 amide bonds. The van der Waals surface area contributed by atoms with Gasteiger partial charge in [0.25, 0.3) is 0 Å². The number of aromatic nitrogens is 1. The predicted molar refractivity (Wildman–Crippen MR) is 81.4 cm³/mol. The third-order valence-corrected chi connectivity index (χ3v) is 3.42. The average molecular weight is 313 g/mol. The Morgan fingerprint density at radius 2 is 2.00 bits per heavy atom. The lowest BCUT2D eigenvalue weighted by atomic mass is 10.1. The Kier molecular flexibility index (Phi) is 4.24. The summed E-state index contributed by atoms with van der Waals surface area (Å²) >= 11 is 16.8. The summed E-state index contributed by atoms with van der Waals surface area (Å²) in [5, 5.41) is 0.865. The van der Waals surface area contributed by atoms with Crippen molar-refractivity contribution in [1.82, 2.24) is 4.98 Å². The molecule has 0 aliphatic carbocycles. The fourth-order valence-corrected chi connectivity index (χ4v) is 2.10. The highest BCUT2D eigenvalue weighted by Gasteiger charge is 2.12. The maximum atomic E-state index is 5.93. The number of halogens is 2. The fraction of sp³-hybridized carbons (Fsp3) is 0.0769. The molecule has 1 aromatic heterocycles. The molecule has 0 spiro atoms. The van der Waals surface area contributed by atoms with E-state index in [1.165, 1.54) is 0 Å². The average Bonchev–Trinajstić information content (AvgIpc) is 2.33. The van der Waals surface area contributed by atoms with Gasteiger partial charge < -0.3 is 10.5 Å². The number of nitrogens with two attached hydrogens (primary N) is 1. The standard InChI is InChI=1S/C13H10Cl2N2OS/c1-7-4-5-17-13(11(7)12(16)19)18-8-2-3-9(14)10(15)6-8/h2-6H,1H3,(H2,16,19). The lowest BCUT2D eigenvalue weighted by Crippen LogP contribution is -2.13. The minimum Gasteiger partial charge on any atom is -0.438 e. The summed E-state index contributed by atoms with van der Waals surface area (Å²) in [6, 6.07) is 6.77. The first-order valence-electron chi connectivity index (χ1n) is 5.37. The molecule has 2 N–H and O–H groups in total. The van der Waals surface area contributed by atoms with E-state index >= 15 is 0 Å². The van der Waals surface area contributed by atoms with Crippen molar-refractivity contribution in [1.29, 1.82) is 0 Å². The van der Waals surface area contributed by atoms with E-state index in [0.717, 1.165) is 5.56 Å². The molecule has 0 bridgehead atoms. The number of aryl methyl sites for hydroxylation is 1. The van der Waals surface area contributed by atoms with E-state index < -0.39 is 0 Å². The van der Waals surface area contributed by atoms with Gasteiger partial charge in [0.15, 0.2) is 0 Å². The summed E-state index contributed by atoms with van der Waals surface area (Å²) in [5.41, 5.74) is 7.20. The quantitative estimate of drug-likeness (QED) is 0.866. The number of thiocarbonyl (C=S) groups is 1. The van der Waals surface area contributed by atoms with Crippen molar-refractivity contribution in [2.45, 2.75) is 6.92 Å². The van der Waals surface area contributed by atoms with Gasteiger partial charge in [0.05, 0.1) is 15.6 Å². The second-order valence-corrected chi connectivity index (χ2v) is 5.10. The summed E-state index contributed by atoms with van der Waals surface area (Å²) < 4.78 is 5.67. The highest BCUT2D eigenvalue weighted by Crippen LogP contribution is 2.30. The van der Waals surface area contributed by atoms with Crippen LogP contribution in [0.3, 0.4) is 0 Å². The van der Waals surface area contributed by atoms with Crippen molar-refractivity contribution in [3.05, 3.63) is 51.6 Å². The molecular weight excluding hydrogens is 303 g/mol. The van der Waals surface area contributed by atoms with Crippen LogP contribution in [0, 0.1) is 6.92 Å². The Bertz CT molecular complexity index is 647. The van der Waals surface area contributed by atoms with E-state index in [-0.39, 0.29) is 4.99 Å². The predicted octanol–water partition coefficient (Wildman–Crippen LogP) is 4.12. The van der Waals surface area contributed by atoms with Crippen LogP contribution >= 0.6 is 35.4 Å². The fourth-order valence-electron chi connectivity index (χ4n) is 1.56. The van der Waals surface area contributed by atoms with Crippen LogP contribution in [-0.2, 0) is 0 Å². The molecule has 3 nitrogen and oxygen atoms in total. The Hall–Kier alpha value is -1.36. The molecule has 0 fully saturated rings. The van der Waals surface area contributed by atoms with Crippen molar-refractivity contribution in [2.75, 3.05) is 0 Å². The zero-order chi connectivity index (χ0) is 14.0. The molecule has 0 radical (unpaired) electrons. The molecule has 2 rings (SSSR count). The second kappa shape index (κ2) is 5.74. The van der Waals surface area contributed by atoms with Crippen LogP contribution in [0.1, 0.15) is 11.1 Å². The molecule has 0 atom stereocenters. The molecule has 0 unspecified atom stereocenters. The number of benzene rings is 1. The van der Waals surface area contributed by atoms with E-state index in [1.807, 2.05) is 13.0 Å². The van der Waals surface area contributed by atoms with Gasteiger partial charge in [-0.25, -0.2) is 4.98 Å². The molecule has 2 aromatic rings. The van der Waals surface area contributed by atoms with Crippen LogP contribution in [0.25, 0.3) is 0 Å². The molecule has 1 aromatic carbocycles. The molecule has 19 heavy (non-hydrogen) atoms. The van der Waals surface area contributed by atoms with Crippen molar-refractivity contribution in [3.8, 4) is 11.6 Å². The molecule has 0 saturated carbocycles. The Balaban J connectivity index is 2.40. The van der Waals surface area contributed by atoms with Crippen LogP contribution in [0.2, 0.25) is 10.0 Å². The largest absolute Gasteiger partial charge is 0.438 e. The molecule has 0 aliphatic rings. The third kappa shape index (κ3) is 3.15. The number of hydrogen-bond acceptors (Lipinski definition) is 3. The lowest BCUT2D eigenvalue weighted by Gasteiger charge is -2.11. The van der Waals surface area contributed by atoms with Gasteiger partial charge in [-0.1, -0.05) is 35.4 Å². The van der Waals surface area contributed by atoms with Crippen LogP contribution < -0.4 is 10.5 Å². The maximum Gasteiger partial charge on any atom is 0.229 e. The Labute approximate surface area is 126 Å². The maximum absolute atomic E-state index is 5.93. The Morgan fingerprint density at radius 1 is 1.26 bits per heavy atom. The number of nitrogens with zero attached hydrogens (tertiary/aromatic N) is 1. The smallest absolute Gasteiger partial charge is 0.229 e. The van der Waals surface area contributed by atoms with Gasteiger partial charge in [-0.05, 0) is 30.7 Å². The molecule has 0 aliphatic heterocycles. The zero-order valence-corrected chi connectivity index (χ0v) is 12.3. The van der Waals surface area contributed by atoms with Crippen molar-refractivity contribution >= 4 is 40.4 Å². The molecular formula is C13H10Cl2N2OS. The summed E-state index contributed by atoms with van der Waals surface area (Å²) in [4.78, 5) is 4.38. The SMILES string of the molecule is Cc1ccnc(Oc2ccc(Cl)c(Cl)c2)c1C(N)=S. The highest BCUT2D eigenvalue weighted by molar-refractivity contribution is 7.80. The van der Waals surface area contributed by atoms with Crippen LogP contribution in [-0.4, -0.2) is 9.97 Å². The molecule has 6 heteroatoms. The first kappa shape index (κ1) is 14.1. The van der Waals surface area contributed by atoms with Gasteiger partial charge in [-0.2, -0.15) is 0 Å². The zero-order valence-electron chi connectivity index (χ0n) is 9.98. The van der Waals surface area contributed by atoms with Gasteiger partial charge in [-0.3, -0.25) is 0 Å². The van der Waals surface area contributed by atoms with Crippen molar-refractivity contribution < 1.29 is 4.74 Å². The second-order valence-electron chi connectivity index (χ2n) is 3.85. The minimum atomic E-state index is 0.237. The first-order chi connectivity index (χ1) is 8.99. The number of pyridine rings is 1. The summed E-state index contributed by atoms with van der Waals surface area (Å²) in [5.74, 6) is 0.871. The van der Waals surface area contributed by atoms with E-state index in [0.29, 0.717) is 27.2 Å². The van der Waals surface area contributed by atoms with Crippen molar-refractivity contribution in [2.24, 2.45) is 5.73 Å². The Morgan fingerprint density at radius 3 is 2.63 bits per heavy atom. The summed E-state index contributed by atoms with van der Waals surface area (Å²) in [7, 11) is 0. The summed E-state index contributed by atoms with van der Waals surface area (Å²) in [6.45, 7) is 1.89. The third-order valence-electron chi connectivity index (χ3n) is 2.48. The number of rotatable bonds is 3. The van der Waals surface area contributed by atoms with E-state index in [9.17, 15) is 0 Å². The lowest BCUT2D eigenvalue weighted by molar-refractivity contribution is 0.461. The minimum absolute atomic E-state index is 0.237. The summed E-state index contributed by atoms with van der Waals surface area (Å²) in [6.07, 6.45) is 1.63. The van der Waals surface area contributed by atoms with Crippen molar-refractivity contribution in [3.63, 3.8) is 0 Å². The van der Waals surface area contributed by atoms with Crippen LogP contribution in [0.5, 0.6) is 11.6 Å². The number of ether oxygens (including phenoxy) is 1. The van der Waals surface area contributed by atoms with E-state index in [2.05, 4.69) is 4.98 Å². The molecule has 98 valence electrons. The number of hydrogen-bond donors (Lipinski definition) is 1. The molecule has 1 heterocycles. The van der Waals surface area contributed by atoms with Crippen LogP contribution in [0.15, 0.2) is 30.5 Å². The van der Waals surface area contributed by atoms with Gasteiger partial charge >= 0.3 is 0 Å². The topological polar surface area (TPSA) is 48.1 Å². The van der Waals surface area contributed by atoms with Crippen LogP contribution in [0.4, 0.5) is 0 Å². The van der Waals surface area contributed by atoms with Gasteiger partial charge in [0.1, 0.15) is 10.7 Å².